The van der Waals surface area contributed by atoms with Gasteiger partial charge in [-0.2, -0.15) is 0 Å². The maximum absolute atomic E-state index is 13.4. The van der Waals surface area contributed by atoms with Crippen LogP contribution in [0.4, 0.5) is 0 Å². The van der Waals surface area contributed by atoms with Crippen molar-refractivity contribution in [1.29, 1.82) is 0 Å². The molecule has 0 unspecified atom stereocenters. The molecule has 4 nitrogen and oxygen atoms in total. The Bertz CT molecular complexity index is 1200. The summed E-state index contributed by atoms with van der Waals surface area (Å²) in [4.78, 5) is 13.4. The summed E-state index contributed by atoms with van der Waals surface area (Å²) in [6.07, 6.45) is 10.3. The summed E-state index contributed by atoms with van der Waals surface area (Å²) in [5.74, 6) is -0.122. The van der Waals surface area contributed by atoms with E-state index in [1.807, 2.05) is 6.92 Å². The van der Waals surface area contributed by atoms with Gasteiger partial charge in [-0.25, -0.2) is 0 Å². The zero-order valence-electron chi connectivity index (χ0n) is 27.2. The largest absolute Gasteiger partial charge is 0.462 e. The highest BCUT2D eigenvalue weighted by Gasteiger charge is 2.54. The van der Waals surface area contributed by atoms with Crippen LogP contribution in [-0.2, 0) is 18.4 Å². The molecule has 1 heterocycles. The van der Waals surface area contributed by atoms with Crippen LogP contribution in [0.2, 0.25) is 23.2 Å². The van der Waals surface area contributed by atoms with E-state index in [-0.39, 0.29) is 46.2 Å². The van der Waals surface area contributed by atoms with Gasteiger partial charge in [0.2, 0.25) is 0 Å². The van der Waals surface area contributed by atoms with Crippen LogP contribution in [0.1, 0.15) is 67.7 Å². The predicted octanol–water partition coefficient (Wildman–Crippen LogP) is 7.80. The molecular formula is C36H52O4Si2. The average Bonchev–Trinajstić information content (AvgIpc) is 2.91. The number of rotatable bonds is 6. The maximum atomic E-state index is 13.4. The number of cyclic esters (lactones) is 1. The Kier molecular flexibility index (Phi) is 9.93. The van der Waals surface area contributed by atoms with Gasteiger partial charge in [0.25, 0.3) is 8.32 Å². The second-order valence-corrected chi connectivity index (χ2v) is 23.8. The first-order valence-corrected chi connectivity index (χ1v) is 20.5. The minimum Gasteiger partial charge on any atom is -0.462 e. The van der Waals surface area contributed by atoms with Crippen LogP contribution >= 0.6 is 0 Å². The normalized spacial score (nSPS) is 26.7. The summed E-state index contributed by atoms with van der Waals surface area (Å²) in [6, 6.07) is 21.5. The van der Waals surface area contributed by atoms with Gasteiger partial charge in [-0.05, 0) is 52.8 Å². The molecule has 42 heavy (non-hydrogen) atoms. The zero-order valence-corrected chi connectivity index (χ0v) is 29.2. The lowest BCUT2D eigenvalue weighted by atomic mass is 9.75. The molecule has 1 aliphatic heterocycles. The molecule has 0 aromatic heterocycles. The summed E-state index contributed by atoms with van der Waals surface area (Å²) >= 11 is 0. The second kappa shape index (κ2) is 12.8. The van der Waals surface area contributed by atoms with Crippen LogP contribution in [0.5, 0.6) is 0 Å². The van der Waals surface area contributed by atoms with E-state index in [9.17, 15) is 4.79 Å². The monoisotopic (exact) mass is 604 g/mol. The van der Waals surface area contributed by atoms with Crippen LogP contribution in [0.25, 0.3) is 0 Å². The molecule has 0 fully saturated rings. The third-order valence-corrected chi connectivity index (χ3v) is 19.1. The molecule has 0 amide bonds. The minimum atomic E-state index is -2.85. The van der Waals surface area contributed by atoms with Crippen LogP contribution < -0.4 is 10.4 Å². The first-order valence-electron chi connectivity index (χ1n) is 15.7. The Balaban J connectivity index is 1.86. The van der Waals surface area contributed by atoms with E-state index in [1.165, 1.54) is 10.4 Å². The van der Waals surface area contributed by atoms with Crippen molar-refractivity contribution in [3.8, 4) is 0 Å². The number of carbonyl (C=O) groups is 1. The molecule has 4 rings (SSSR count). The summed E-state index contributed by atoms with van der Waals surface area (Å²) in [5, 5.41) is 2.39. The molecule has 0 spiro atoms. The van der Waals surface area contributed by atoms with Gasteiger partial charge in [-0.15, -0.1) is 0 Å². The number of fused-ring (bicyclic) bond motifs is 1. The number of allylic oxidation sites excluding steroid dienone is 1. The van der Waals surface area contributed by atoms with Gasteiger partial charge >= 0.3 is 5.97 Å². The molecule has 5 atom stereocenters. The molecule has 2 aromatic carbocycles. The lowest BCUT2D eigenvalue weighted by Gasteiger charge is -2.49. The topological polar surface area (TPSA) is 44.8 Å². The smallest absolute Gasteiger partial charge is 0.306 e. The van der Waals surface area contributed by atoms with E-state index in [0.717, 1.165) is 12.8 Å². The Morgan fingerprint density at radius 1 is 0.714 bits per heavy atom. The number of esters is 1. The summed E-state index contributed by atoms with van der Waals surface area (Å²) < 4.78 is 20.6. The number of hydrogen-bond donors (Lipinski definition) is 0. The highest BCUT2D eigenvalue weighted by atomic mass is 28.4. The average molecular weight is 605 g/mol. The van der Waals surface area contributed by atoms with E-state index in [0.29, 0.717) is 6.42 Å². The van der Waals surface area contributed by atoms with E-state index >= 15 is 0 Å². The molecule has 2 aromatic rings. The SMILES string of the molecule is C[C@H]1C/C=C\C[C@@H]2[C@@H](CC(=O)O1)[C@@H](O[Si](c1ccccc1)(c1ccccc1)C(C)(C)C)C=C[C@H]2O[Si](C)(C)C(C)(C)C. The molecule has 0 saturated heterocycles. The zero-order chi connectivity index (χ0) is 30.8. The van der Waals surface area contributed by atoms with E-state index < -0.39 is 16.6 Å². The Labute approximate surface area is 256 Å². The van der Waals surface area contributed by atoms with Gasteiger partial charge in [0.15, 0.2) is 8.32 Å². The molecule has 228 valence electrons. The van der Waals surface area contributed by atoms with E-state index in [1.54, 1.807) is 0 Å². The maximum Gasteiger partial charge on any atom is 0.306 e. The number of carbonyl (C=O) groups excluding carboxylic acids is 1. The van der Waals surface area contributed by atoms with Crippen molar-refractivity contribution in [2.75, 3.05) is 0 Å². The molecule has 6 heteroatoms. The van der Waals surface area contributed by atoms with Crippen LogP contribution in [-0.4, -0.2) is 40.9 Å². The summed E-state index contributed by atoms with van der Waals surface area (Å²) in [6.45, 7) is 20.4. The molecule has 0 radical (unpaired) electrons. The quantitative estimate of drug-likeness (QED) is 0.192. The number of benzene rings is 2. The number of hydrogen-bond acceptors (Lipinski definition) is 4. The minimum absolute atomic E-state index is 0.0751. The van der Waals surface area contributed by atoms with E-state index in [2.05, 4.69) is 140 Å². The van der Waals surface area contributed by atoms with Crippen molar-refractivity contribution in [3.63, 3.8) is 0 Å². The Morgan fingerprint density at radius 3 is 1.71 bits per heavy atom. The van der Waals surface area contributed by atoms with Crippen LogP contribution in [0, 0.1) is 11.8 Å². The second-order valence-electron chi connectivity index (χ2n) is 14.7. The number of ether oxygens (including phenoxy) is 1. The third-order valence-electron chi connectivity index (χ3n) is 9.63. The molecule has 0 N–H and O–H groups in total. The van der Waals surface area contributed by atoms with Crippen LogP contribution in [0.15, 0.2) is 85.0 Å². The lowest BCUT2D eigenvalue weighted by Crippen LogP contribution is -2.68. The molecule has 0 bridgehead atoms. The Morgan fingerprint density at radius 2 is 1.21 bits per heavy atom. The molecule has 0 saturated carbocycles. The van der Waals surface area contributed by atoms with Gasteiger partial charge in [0.05, 0.1) is 18.6 Å². The van der Waals surface area contributed by atoms with Crippen molar-refractivity contribution in [2.45, 2.75) is 109 Å². The van der Waals surface area contributed by atoms with Crippen molar-refractivity contribution in [2.24, 2.45) is 11.8 Å². The fourth-order valence-corrected chi connectivity index (χ4v) is 12.3. The third kappa shape index (κ3) is 6.93. The van der Waals surface area contributed by atoms with Gasteiger partial charge in [0, 0.05) is 12.3 Å². The molecule has 2 aliphatic rings. The standard InChI is InChI=1S/C36H52O4Si2/c1-27-18-16-17-23-30-31(26-34(37)38-27)33(25-24-32(30)39-41(8,9)35(2,3)4)40-42(36(5,6)7,28-19-12-10-13-20-28)29-21-14-11-15-22-29/h10-17,19-22,24-25,27,30-33H,18,23,26H2,1-9H3/b17-16-/t27-,30+,31+,32+,33-/m0/s1. The molecular weight excluding hydrogens is 553 g/mol. The van der Waals surface area contributed by atoms with Crippen molar-refractivity contribution >= 4 is 33.0 Å². The van der Waals surface area contributed by atoms with Gasteiger partial charge < -0.3 is 13.6 Å². The first-order chi connectivity index (χ1) is 19.7. The Hall–Kier alpha value is -2.26. The highest BCUT2D eigenvalue weighted by molar-refractivity contribution is 6.99. The fourth-order valence-electron chi connectivity index (χ4n) is 6.29. The summed E-state index contributed by atoms with van der Waals surface area (Å²) in [5.41, 5.74) is 0. The predicted molar refractivity (Wildman–Crippen MR) is 179 cm³/mol. The molecule has 1 aliphatic carbocycles. The van der Waals surface area contributed by atoms with Crippen molar-refractivity contribution < 1.29 is 18.4 Å². The van der Waals surface area contributed by atoms with E-state index in [4.69, 9.17) is 13.6 Å². The summed E-state index contributed by atoms with van der Waals surface area (Å²) in [7, 11) is -4.93. The van der Waals surface area contributed by atoms with Crippen molar-refractivity contribution in [3.05, 3.63) is 85.0 Å². The van der Waals surface area contributed by atoms with Gasteiger partial charge in [0.1, 0.15) is 6.10 Å². The lowest BCUT2D eigenvalue weighted by molar-refractivity contribution is -0.151. The van der Waals surface area contributed by atoms with Crippen molar-refractivity contribution in [1.82, 2.24) is 0 Å². The highest BCUT2D eigenvalue weighted by Crippen LogP contribution is 2.45. The van der Waals surface area contributed by atoms with Gasteiger partial charge in [-0.3, -0.25) is 4.79 Å². The fraction of sp³-hybridized carbons (Fsp3) is 0.528. The first kappa shape index (κ1) is 32.7. The van der Waals surface area contributed by atoms with Crippen LogP contribution in [0.3, 0.4) is 0 Å². The van der Waals surface area contributed by atoms with Gasteiger partial charge in [-0.1, -0.05) is 127 Å².